The smallest absolute Gasteiger partial charge is 0.168 e. The Bertz CT molecular complexity index is 617. The third-order valence-electron chi connectivity index (χ3n) is 4.58. The zero-order chi connectivity index (χ0) is 12.4. The Morgan fingerprint density at radius 2 is 1.56 bits per heavy atom. The van der Waals surface area contributed by atoms with Gasteiger partial charge < -0.3 is 0 Å². The van der Waals surface area contributed by atoms with Crippen molar-refractivity contribution in [2.75, 3.05) is 0 Å². The number of Topliss-reactive ketones (excluding diaryl/α,β-unsaturated/α-hetero) is 2. The van der Waals surface area contributed by atoms with Crippen LogP contribution in [0.15, 0.2) is 34.8 Å². The number of allylic oxidation sites excluding steroid dienone is 2. The largest absolute Gasteiger partial charge is 0.294 e. The van der Waals surface area contributed by atoms with Crippen LogP contribution in [0.1, 0.15) is 27.1 Å². The Kier molecular flexibility index (Phi) is 2.03. The molecule has 2 bridgehead atoms. The SMILES string of the molecule is O=C1c2ccc(Br)cc2C(=O)C2C3C=CC(C3)C12. The van der Waals surface area contributed by atoms with Crippen LogP contribution in [0.2, 0.25) is 0 Å². The summed E-state index contributed by atoms with van der Waals surface area (Å²) < 4.78 is 0.861. The summed E-state index contributed by atoms with van der Waals surface area (Å²) in [6.07, 6.45) is 5.23. The molecule has 0 spiro atoms. The third kappa shape index (κ3) is 1.18. The van der Waals surface area contributed by atoms with Crippen LogP contribution in [-0.4, -0.2) is 11.6 Å². The van der Waals surface area contributed by atoms with Gasteiger partial charge in [0.1, 0.15) is 0 Å². The number of benzene rings is 1. The minimum atomic E-state index is -0.103. The van der Waals surface area contributed by atoms with Crippen LogP contribution >= 0.6 is 15.9 Å². The van der Waals surface area contributed by atoms with Gasteiger partial charge in [0.25, 0.3) is 0 Å². The van der Waals surface area contributed by atoms with E-state index in [0.29, 0.717) is 11.1 Å². The van der Waals surface area contributed by atoms with Gasteiger partial charge >= 0.3 is 0 Å². The van der Waals surface area contributed by atoms with Crippen LogP contribution in [0.25, 0.3) is 0 Å². The van der Waals surface area contributed by atoms with Crippen molar-refractivity contribution in [1.29, 1.82) is 0 Å². The van der Waals surface area contributed by atoms with Crippen molar-refractivity contribution in [2.24, 2.45) is 23.7 Å². The van der Waals surface area contributed by atoms with E-state index >= 15 is 0 Å². The summed E-state index contributed by atoms with van der Waals surface area (Å²) in [7, 11) is 0. The Hall–Kier alpha value is -1.22. The van der Waals surface area contributed by atoms with Crippen LogP contribution < -0.4 is 0 Å². The Labute approximate surface area is 113 Å². The van der Waals surface area contributed by atoms with Crippen molar-refractivity contribution in [3.63, 3.8) is 0 Å². The molecule has 3 heteroatoms. The summed E-state index contributed by atoms with van der Waals surface area (Å²) in [4.78, 5) is 25.1. The Morgan fingerprint density at radius 1 is 0.944 bits per heavy atom. The molecular formula is C15H11BrO2. The summed E-state index contributed by atoms with van der Waals surface area (Å²) in [5, 5.41) is 0. The predicted octanol–water partition coefficient (Wildman–Crippen LogP) is 3.27. The van der Waals surface area contributed by atoms with Gasteiger partial charge in [-0.15, -0.1) is 0 Å². The summed E-state index contributed by atoms with van der Waals surface area (Å²) in [5.74, 6) is 0.694. The number of hydrogen-bond donors (Lipinski definition) is 0. The number of ketones is 2. The first-order valence-electron chi connectivity index (χ1n) is 6.23. The van der Waals surface area contributed by atoms with Crippen molar-refractivity contribution >= 4 is 27.5 Å². The molecule has 4 unspecified atom stereocenters. The van der Waals surface area contributed by atoms with Crippen LogP contribution in [0, 0.1) is 23.7 Å². The van der Waals surface area contributed by atoms with E-state index in [2.05, 4.69) is 28.1 Å². The molecule has 4 rings (SSSR count). The molecule has 90 valence electrons. The van der Waals surface area contributed by atoms with Crippen molar-refractivity contribution < 1.29 is 9.59 Å². The van der Waals surface area contributed by atoms with E-state index in [4.69, 9.17) is 0 Å². The van der Waals surface area contributed by atoms with E-state index in [-0.39, 0.29) is 35.2 Å². The summed E-state index contributed by atoms with van der Waals surface area (Å²) >= 11 is 3.37. The summed E-state index contributed by atoms with van der Waals surface area (Å²) in [6, 6.07) is 5.42. The van der Waals surface area contributed by atoms with Gasteiger partial charge in [0, 0.05) is 27.4 Å². The monoisotopic (exact) mass is 302 g/mol. The van der Waals surface area contributed by atoms with E-state index in [1.54, 1.807) is 12.1 Å². The standard InChI is InChI=1S/C15H11BrO2/c16-9-3-4-10-11(6-9)15(18)13-8-2-1-7(5-8)12(13)14(10)17/h1-4,6-8,12-13H,5H2. The fourth-order valence-corrected chi connectivity index (χ4v) is 4.19. The predicted molar refractivity (Wildman–Crippen MR) is 70.5 cm³/mol. The molecule has 18 heavy (non-hydrogen) atoms. The molecule has 3 aliphatic rings. The van der Waals surface area contributed by atoms with Gasteiger partial charge in [0.05, 0.1) is 0 Å². The Balaban J connectivity index is 1.93. The molecule has 4 atom stereocenters. The normalized spacial score (nSPS) is 35.8. The molecule has 3 aliphatic carbocycles. The second kappa shape index (κ2) is 3.41. The number of halogens is 1. The highest BCUT2D eigenvalue weighted by Crippen LogP contribution is 2.52. The van der Waals surface area contributed by atoms with E-state index < -0.39 is 0 Å². The van der Waals surface area contributed by atoms with Crippen LogP contribution in [-0.2, 0) is 0 Å². The third-order valence-corrected chi connectivity index (χ3v) is 5.07. The van der Waals surface area contributed by atoms with E-state index in [0.717, 1.165) is 10.9 Å². The van der Waals surface area contributed by atoms with E-state index in [1.165, 1.54) is 0 Å². The first kappa shape index (κ1) is 10.7. The molecule has 1 aromatic carbocycles. The number of rotatable bonds is 0. The highest BCUT2D eigenvalue weighted by molar-refractivity contribution is 9.10. The number of hydrogen-bond acceptors (Lipinski definition) is 2. The molecule has 0 aliphatic heterocycles. The molecule has 0 saturated heterocycles. The molecular weight excluding hydrogens is 292 g/mol. The molecule has 2 nitrogen and oxygen atoms in total. The van der Waals surface area contributed by atoms with Gasteiger partial charge in [-0.1, -0.05) is 28.1 Å². The maximum Gasteiger partial charge on any atom is 0.168 e. The zero-order valence-electron chi connectivity index (χ0n) is 9.60. The lowest BCUT2D eigenvalue weighted by molar-refractivity contribution is 0.0720. The highest BCUT2D eigenvalue weighted by Gasteiger charge is 2.54. The molecule has 0 amide bonds. The van der Waals surface area contributed by atoms with Gasteiger partial charge in [-0.3, -0.25) is 9.59 Å². The average molecular weight is 303 g/mol. The summed E-state index contributed by atoms with van der Waals surface area (Å²) in [5.41, 5.74) is 1.22. The summed E-state index contributed by atoms with van der Waals surface area (Å²) in [6.45, 7) is 0. The zero-order valence-corrected chi connectivity index (χ0v) is 11.2. The maximum absolute atomic E-state index is 12.6. The molecule has 1 fully saturated rings. The number of carbonyl (C=O) groups excluding carboxylic acids is 2. The minimum Gasteiger partial charge on any atom is -0.294 e. The molecule has 0 N–H and O–H groups in total. The highest BCUT2D eigenvalue weighted by atomic mass is 79.9. The minimum absolute atomic E-state index is 0.0961. The lowest BCUT2D eigenvalue weighted by Crippen LogP contribution is -2.38. The maximum atomic E-state index is 12.6. The molecule has 0 heterocycles. The molecule has 1 aromatic rings. The van der Waals surface area contributed by atoms with E-state index in [1.807, 2.05) is 6.07 Å². The lowest BCUT2D eigenvalue weighted by Gasteiger charge is -2.31. The second-order valence-electron chi connectivity index (χ2n) is 5.42. The van der Waals surface area contributed by atoms with Gasteiger partial charge in [-0.05, 0) is 36.5 Å². The first-order valence-corrected chi connectivity index (χ1v) is 7.02. The van der Waals surface area contributed by atoms with Crippen LogP contribution in [0.3, 0.4) is 0 Å². The van der Waals surface area contributed by atoms with E-state index in [9.17, 15) is 9.59 Å². The quantitative estimate of drug-likeness (QED) is 0.689. The Morgan fingerprint density at radius 3 is 2.22 bits per heavy atom. The number of carbonyl (C=O) groups is 2. The second-order valence-corrected chi connectivity index (χ2v) is 6.33. The lowest BCUT2D eigenvalue weighted by atomic mass is 9.69. The van der Waals surface area contributed by atoms with Crippen molar-refractivity contribution in [3.8, 4) is 0 Å². The molecule has 0 radical (unpaired) electrons. The van der Waals surface area contributed by atoms with Gasteiger partial charge in [-0.2, -0.15) is 0 Å². The average Bonchev–Trinajstić information content (AvgIpc) is 2.96. The topological polar surface area (TPSA) is 34.1 Å². The van der Waals surface area contributed by atoms with Gasteiger partial charge in [-0.25, -0.2) is 0 Å². The van der Waals surface area contributed by atoms with Crippen molar-refractivity contribution in [2.45, 2.75) is 6.42 Å². The van der Waals surface area contributed by atoms with Crippen LogP contribution in [0.5, 0.6) is 0 Å². The molecule has 1 saturated carbocycles. The van der Waals surface area contributed by atoms with Gasteiger partial charge in [0.15, 0.2) is 11.6 Å². The molecule has 0 aromatic heterocycles. The van der Waals surface area contributed by atoms with Crippen LogP contribution in [0.4, 0.5) is 0 Å². The van der Waals surface area contributed by atoms with Gasteiger partial charge in [0.2, 0.25) is 0 Å². The van der Waals surface area contributed by atoms with Crippen molar-refractivity contribution in [3.05, 3.63) is 46.0 Å². The van der Waals surface area contributed by atoms with Crippen molar-refractivity contribution in [1.82, 2.24) is 0 Å². The fraction of sp³-hybridized carbons (Fsp3) is 0.333. The number of fused-ring (bicyclic) bond motifs is 6. The fourth-order valence-electron chi connectivity index (χ4n) is 3.83. The first-order chi connectivity index (χ1) is 8.66.